The minimum Gasteiger partial charge on any atom is -0.423 e. The van der Waals surface area contributed by atoms with E-state index in [4.69, 9.17) is 27.6 Å². The smallest absolute Gasteiger partial charge is 0.303 e. The Morgan fingerprint density at radius 3 is 1.80 bits per heavy atom. The van der Waals surface area contributed by atoms with Crippen molar-refractivity contribution < 1.29 is 13.2 Å². The van der Waals surface area contributed by atoms with E-state index in [0.717, 1.165) is 136 Å². The summed E-state index contributed by atoms with van der Waals surface area (Å²) in [5.74, 6) is 2.01. The first kappa shape index (κ1) is 98.1. The summed E-state index contributed by atoms with van der Waals surface area (Å²) in [6, 6.07) is 129. The van der Waals surface area contributed by atoms with E-state index in [1.54, 1.807) is 12.1 Å². The van der Waals surface area contributed by atoms with Gasteiger partial charge in [0.25, 0.3) is 0 Å². The highest BCUT2D eigenvalue weighted by Gasteiger charge is 2.32. The SMILES string of the molecule is CN1c2ccccc2C[C@@H]1c1c[nH]c2ccccc12.C[C@@H]1Cc2ccccc2N1c1nc2ccccc2o1.Cc1ccc(N=NC2=CCc3ccccc32)c(C)c1.Clc1ccc(N=NC2=CCc3ccccc32)cc1.Cn1cc(-c2cc3ccccc3n2C)c2ccccc21.Fc1ccc(CSC2=CCc3ccccc32)cc1.Fc1ccc(NC2=Nc3ccccc3C2)cc1Cl.c1ccc2c(c1)CN=C2c1nc2ccccc2[nH]1. The van der Waals surface area contributed by atoms with Gasteiger partial charge < -0.3 is 33.7 Å². The highest BCUT2D eigenvalue weighted by molar-refractivity contribution is 8.07. The molecule has 734 valence electrons. The van der Waals surface area contributed by atoms with E-state index in [1.807, 2.05) is 151 Å². The number of aryl methyl sites for hydroxylation is 4. The van der Waals surface area contributed by atoms with E-state index < -0.39 is 5.82 Å². The summed E-state index contributed by atoms with van der Waals surface area (Å²) in [7, 11) is 6.44. The number of halogens is 4. The number of allylic oxidation sites excluding steroid dienone is 3. The number of aliphatic imine (C=N–C) groups is 2. The van der Waals surface area contributed by atoms with Crippen LogP contribution in [0, 0.1) is 25.5 Å². The van der Waals surface area contributed by atoms with Crippen molar-refractivity contribution in [2.24, 2.45) is 44.5 Å². The van der Waals surface area contributed by atoms with Gasteiger partial charge in [-0.3, -0.25) is 9.89 Å². The first-order valence-electron chi connectivity index (χ1n) is 50.0. The highest BCUT2D eigenvalue weighted by Crippen LogP contribution is 2.45. The molecule has 0 amide bonds. The number of oxazole rings is 1. The number of amidine groups is 1. The summed E-state index contributed by atoms with van der Waals surface area (Å²) >= 11 is 13.4. The van der Waals surface area contributed by atoms with Crippen LogP contribution in [0.4, 0.5) is 48.9 Å². The van der Waals surface area contributed by atoms with E-state index in [-0.39, 0.29) is 10.8 Å². The summed E-state index contributed by atoms with van der Waals surface area (Å²) in [5.41, 5.74) is 38.3. The Hall–Kier alpha value is -17.0. The average molecular weight is 2010 g/mol. The largest absolute Gasteiger partial charge is 0.423 e. The molecule has 3 N–H and O–H groups in total. The molecule has 0 fully saturated rings. The van der Waals surface area contributed by atoms with E-state index in [0.29, 0.717) is 23.1 Å². The van der Waals surface area contributed by atoms with Crippen LogP contribution in [0.15, 0.2) is 448 Å². The third-order valence-corrected chi connectivity index (χ3v) is 29.3. The number of fused-ring (bicyclic) bond motifs is 12. The number of nitrogens with zero attached hydrogens (tertiary/aromatic N) is 12. The third-order valence-electron chi connectivity index (χ3n) is 27.6. The lowest BCUT2D eigenvalue weighted by Gasteiger charge is -2.22. The summed E-state index contributed by atoms with van der Waals surface area (Å²) in [6.07, 6.45) is 16.7. The lowest BCUT2D eigenvalue weighted by molar-refractivity contribution is 0.573. The highest BCUT2D eigenvalue weighted by atomic mass is 35.5. The number of para-hydroxylation sites is 10. The standard InChI is InChI=1S/C18H16N2.2C17H16N2.C16H13FS.C16H14N2O.C15H11ClN2.C15H11N3.C14H10ClFN2/c1-19-12-15(14-8-4-6-10-17(14)19)18-11-13-7-3-5-9-16(13)20(18)2;1-19-16-9-5-2-6-12(16)10-17(19)14-11-18-15-8-4-3-7-13(14)15;1-12-7-9-16(13(2)11-12)18-19-17-10-8-14-5-3-4-6-15(14)17;17-14-8-5-12(6-9-14)11-18-16-10-7-13-3-1-2-4-15(13)16;1-11-10-12-6-2-4-8-14(12)18(11)16-17-13-7-3-5-9-15(13)19-16;16-12-6-8-13(9-7-12)17-18-15-10-5-11-3-1-2-4-14(11)15;1-2-6-11-10(5-1)9-16-14(11)15-17-12-7-3-4-8-13(12)18-15;15-11-8-10(5-6-12(11)16)17-14-7-9-3-1-2-4-13(9)18-14/h3-12H,1-2H3;2-9,11,17-18H,10H2,1H3;3-7,9-11H,8H2,1-2H3;1-6,8-10H,7,11H2;2-9,11H,10H2,1H3;1-4,6-10H,5H2;1-8H,9H2,(H,17,18);1-6,8H,7H2,(H,17,18)/t;17-;;;11-;;;/m.1..1.../s1. The van der Waals surface area contributed by atoms with Crippen molar-refractivity contribution in [1.82, 2.24) is 29.1 Å². The van der Waals surface area contributed by atoms with Crippen molar-refractivity contribution in [3.63, 3.8) is 0 Å². The second-order valence-electron chi connectivity index (χ2n) is 37.5. The predicted octanol–water partition coefficient (Wildman–Crippen LogP) is 33.9. The second kappa shape index (κ2) is 44.9. The molecule has 0 unspecified atom stereocenters. The van der Waals surface area contributed by atoms with Crippen LogP contribution in [0.5, 0.6) is 0 Å². The van der Waals surface area contributed by atoms with Gasteiger partial charge in [0.05, 0.1) is 62.8 Å². The van der Waals surface area contributed by atoms with E-state index in [2.05, 4.69) is 359 Å². The van der Waals surface area contributed by atoms with Crippen LogP contribution in [0.2, 0.25) is 10.0 Å². The Balaban J connectivity index is 0.0000000996. The van der Waals surface area contributed by atoms with Crippen molar-refractivity contribution >= 4 is 158 Å². The number of aromatic amines is 2. The summed E-state index contributed by atoms with van der Waals surface area (Å²) in [5, 5.41) is 25.2. The number of hydrogen-bond acceptors (Lipinski definition) is 13. The number of benzene rings is 16. The lowest BCUT2D eigenvalue weighted by atomic mass is 10.0. The van der Waals surface area contributed by atoms with Crippen LogP contribution < -0.4 is 15.1 Å². The van der Waals surface area contributed by atoms with Gasteiger partial charge >= 0.3 is 6.01 Å². The van der Waals surface area contributed by atoms with Crippen LogP contribution in [-0.4, -0.2) is 53.7 Å². The van der Waals surface area contributed by atoms with E-state index >= 15 is 0 Å². The van der Waals surface area contributed by atoms with Crippen molar-refractivity contribution in [3.8, 4) is 11.3 Å². The number of azo groups is 2. The number of thioether (sulfide) groups is 1. The number of anilines is 4. The Morgan fingerprint density at radius 2 is 1.09 bits per heavy atom. The molecule has 0 spiro atoms. The maximum Gasteiger partial charge on any atom is 0.303 e. The minimum absolute atomic E-state index is 0.108. The Morgan fingerprint density at radius 1 is 0.497 bits per heavy atom. The van der Waals surface area contributed by atoms with Crippen LogP contribution in [0.3, 0.4) is 0 Å². The molecule has 9 heterocycles. The summed E-state index contributed by atoms with van der Waals surface area (Å²) in [6.45, 7) is 7.11. The van der Waals surface area contributed by atoms with Gasteiger partial charge in [0, 0.05) is 139 Å². The minimum atomic E-state index is -0.418. The molecule has 16 nitrogen and oxygen atoms in total. The van der Waals surface area contributed by atoms with Gasteiger partial charge in [0.1, 0.15) is 28.7 Å². The topological polar surface area (TPSA) is 173 Å². The molecule has 149 heavy (non-hydrogen) atoms. The Bertz CT molecular complexity index is 8670. The molecule has 3 aliphatic carbocycles. The molecule has 21 aromatic rings. The third kappa shape index (κ3) is 22.3. The molecule has 4 aliphatic heterocycles. The number of likely N-dealkylation sites (N-methyl/N-ethyl adjacent to an activating group) is 1. The fourth-order valence-corrected chi connectivity index (χ4v) is 21.4. The molecule has 5 aromatic heterocycles. The van der Waals surface area contributed by atoms with Crippen LogP contribution in [0.25, 0.3) is 82.4 Å². The maximum atomic E-state index is 13.0. The number of H-pyrrole nitrogens is 2. The molecule has 16 aromatic carbocycles. The zero-order valence-corrected chi connectivity index (χ0v) is 85.6. The van der Waals surface area contributed by atoms with Gasteiger partial charge in [-0.2, -0.15) is 25.4 Å². The molecule has 21 heteroatoms. The molecule has 0 saturated carbocycles. The lowest BCUT2D eigenvalue weighted by Crippen LogP contribution is -2.24. The van der Waals surface area contributed by atoms with Crippen LogP contribution in [0.1, 0.15) is 102 Å². The monoisotopic (exact) mass is 2010 g/mol. The van der Waals surface area contributed by atoms with Crippen molar-refractivity contribution in [3.05, 3.63) is 524 Å². The first-order valence-corrected chi connectivity index (χ1v) is 51.7. The van der Waals surface area contributed by atoms with Gasteiger partial charge in [-0.05, 0) is 236 Å². The summed E-state index contributed by atoms with van der Waals surface area (Å²) in [4.78, 5) is 30.9. The fourth-order valence-electron chi connectivity index (χ4n) is 20.0. The molecule has 0 saturated heterocycles. The molecule has 0 radical (unpaired) electrons. The zero-order valence-electron chi connectivity index (χ0n) is 83.3. The van der Waals surface area contributed by atoms with Crippen molar-refractivity contribution in [2.75, 3.05) is 22.2 Å². The van der Waals surface area contributed by atoms with Gasteiger partial charge in [-0.1, -0.05) is 302 Å². The number of rotatable bonds is 12. The molecular formula is C128H107Cl2F2N15OS. The maximum absolute atomic E-state index is 13.0. The molecule has 28 rings (SSSR count). The molecular weight excluding hydrogens is 1900 g/mol. The van der Waals surface area contributed by atoms with Gasteiger partial charge in [0.15, 0.2) is 11.4 Å². The van der Waals surface area contributed by atoms with E-state index in [1.165, 1.54) is 151 Å². The fraction of sp³-hybridized carbons (Fsp3) is 0.125. The first-order chi connectivity index (χ1) is 73.0. The van der Waals surface area contributed by atoms with Gasteiger partial charge in [-0.15, -0.1) is 11.8 Å². The molecule has 2 atom stereocenters. The summed E-state index contributed by atoms with van der Waals surface area (Å²) < 4.78 is 36.2. The van der Waals surface area contributed by atoms with E-state index in [9.17, 15) is 8.78 Å². The second-order valence-corrected chi connectivity index (χ2v) is 39.4. The zero-order chi connectivity index (χ0) is 102. The number of nitrogens with one attached hydrogen (secondary N) is 3. The number of hydrogen-bond donors (Lipinski definition) is 3. The number of imidazole rings is 1. The average Bonchev–Trinajstić information content (AvgIpc) is 1.61. The van der Waals surface area contributed by atoms with Crippen LogP contribution >= 0.6 is 35.0 Å². The van der Waals surface area contributed by atoms with Gasteiger partial charge in [-0.25, -0.2) is 18.8 Å². The molecule has 0 bridgehead atoms. The Kier molecular flexibility index (Phi) is 29.6. The van der Waals surface area contributed by atoms with Crippen molar-refractivity contribution in [1.29, 1.82) is 0 Å². The quantitative estimate of drug-likeness (QED) is 0.102. The predicted molar refractivity (Wildman–Crippen MR) is 613 cm³/mol. The Labute approximate surface area is 879 Å². The number of aromatic nitrogens is 6. The van der Waals surface area contributed by atoms with Crippen molar-refractivity contribution in [2.45, 2.75) is 83.7 Å². The van der Waals surface area contributed by atoms with Gasteiger partial charge in [0.2, 0.25) is 0 Å². The normalized spacial score (nSPS) is 14.4. The van der Waals surface area contributed by atoms with Crippen LogP contribution in [-0.2, 0) is 64.9 Å². The molecule has 7 aliphatic rings.